The van der Waals surface area contributed by atoms with E-state index in [9.17, 15) is 9.59 Å². The van der Waals surface area contributed by atoms with E-state index in [1.165, 1.54) is 23.5 Å². The number of aromatic amines is 1. The molecule has 1 fully saturated rings. The molecule has 3 rings (SSSR count). The number of aromatic nitrogens is 1. The van der Waals surface area contributed by atoms with Crippen molar-refractivity contribution in [3.8, 4) is 0 Å². The molecule has 0 bridgehead atoms. The zero-order chi connectivity index (χ0) is 15.5. The minimum atomic E-state index is -0.194. The van der Waals surface area contributed by atoms with Gasteiger partial charge in [0.1, 0.15) is 0 Å². The van der Waals surface area contributed by atoms with Gasteiger partial charge in [-0.15, -0.1) is 0 Å². The summed E-state index contributed by atoms with van der Waals surface area (Å²) in [6, 6.07) is 11.3. The molecule has 0 saturated carbocycles. The molecule has 1 aliphatic heterocycles. The zero-order valence-electron chi connectivity index (χ0n) is 12.6. The highest BCUT2D eigenvalue weighted by Gasteiger charge is 2.22. The predicted octanol–water partition coefficient (Wildman–Crippen LogP) is 1.65. The van der Waals surface area contributed by atoms with Crippen LogP contribution < -0.4 is 10.5 Å². The monoisotopic (exact) mass is 297 g/mol. The number of nitrogens with one attached hydrogen (secondary N) is 1. The molecular weight excluding hydrogens is 278 g/mol. The Balaban J connectivity index is 1.67. The van der Waals surface area contributed by atoms with Crippen molar-refractivity contribution >= 4 is 11.6 Å². The van der Waals surface area contributed by atoms with E-state index in [2.05, 4.69) is 28.9 Å². The Hall–Kier alpha value is -2.56. The third kappa shape index (κ3) is 2.88. The Kier molecular flexibility index (Phi) is 3.96. The largest absolute Gasteiger partial charge is 0.368 e. The van der Waals surface area contributed by atoms with Crippen LogP contribution in [-0.4, -0.2) is 42.0 Å². The van der Waals surface area contributed by atoms with E-state index in [0.29, 0.717) is 18.7 Å². The summed E-state index contributed by atoms with van der Waals surface area (Å²) in [7, 11) is 0. The number of H-pyrrole nitrogens is 1. The van der Waals surface area contributed by atoms with Crippen LogP contribution in [0, 0.1) is 6.92 Å². The lowest BCUT2D eigenvalue weighted by molar-refractivity contribution is 0.0746. The number of hydrogen-bond acceptors (Lipinski definition) is 3. The van der Waals surface area contributed by atoms with Crippen molar-refractivity contribution in [2.45, 2.75) is 6.92 Å². The fourth-order valence-corrected chi connectivity index (χ4v) is 2.79. The summed E-state index contributed by atoms with van der Waals surface area (Å²) >= 11 is 0. The molecule has 1 saturated heterocycles. The van der Waals surface area contributed by atoms with Gasteiger partial charge in [0, 0.05) is 44.1 Å². The first kappa shape index (κ1) is 14.4. The lowest BCUT2D eigenvalue weighted by Gasteiger charge is -2.36. The molecule has 1 aliphatic rings. The molecule has 1 N–H and O–H groups in total. The lowest BCUT2D eigenvalue weighted by atomic mass is 10.1. The fraction of sp³-hybridized carbons (Fsp3) is 0.294. The van der Waals surface area contributed by atoms with Crippen molar-refractivity contribution in [1.29, 1.82) is 0 Å². The van der Waals surface area contributed by atoms with Crippen LogP contribution in [0.4, 0.5) is 5.69 Å². The van der Waals surface area contributed by atoms with Crippen molar-refractivity contribution in [3.05, 3.63) is 64.1 Å². The van der Waals surface area contributed by atoms with Crippen molar-refractivity contribution in [3.63, 3.8) is 0 Å². The van der Waals surface area contributed by atoms with Gasteiger partial charge in [-0.2, -0.15) is 0 Å². The van der Waals surface area contributed by atoms with Crippen LogP contribution in [-0.2, 0) is 0 Å². The molecule has 2 heterocycles. The second-order valence-corrected chi connectivity index (χ2v) is 5.51. The number of anilines is 1. The second-order valence-electron chi connectivity index (χ2n) is 5.51. The van der Waals surface area contributed by atoms with Gasteiger partial charge >= 0.3 is 0 Å². The summed E-state index contributed by atoms with van der Waals surface area (Å²) in [4.78, 5) is 30.2. The molecular formula is C17H19N3O2. The number of hydrogen-bond donors (Lipinski definition) is 1. The normalized spacial score (nSPS) is 15.0. The van der Waals surface area contributed by atoms with Gasteiger partial charge in [0.05, 0.1) is 5.56 Å². The number of piperazine rings is 1. The van der Waals surface area contributed by atoms with Crippen LogP contribution in [0.1, 0.15) is 15.9 Å². The number of amides is 1. The van der Waals surface area contributed by atoms with Crippen molar-refractivity contribution in [2.75, 3.05) is 31.1 Å². The van der Waals surface area contributed by atoms with Gasteiger partial charge in [0.25, 0.3) is 5.91 Å². The quantitative estimate of drug-likeness (QED) is 0.917. The third-order valence-electron chi connectivity index (χ3n) is 4.05. The van der Waals surface area contributed by atoms with Crippen LogP contribution in [0.15, 0.2) is 47.4 Å². The van der Waals surface area contributed by atoms with Gasteiger partial charge in [-0.05, 0) is 24.6 Å². The highest BCUT2D eigenvalue weighted by Crippen LogP contribution is 2.21. The second kappa shape index (κ2) is 6.05. The van der Waals surface area contributed by atoms with E-state index in [-0.39, 0.29) is 11.5 Å². The van der Waals surface area contributed by atoms with Gasteiger partial charge in [-0.3, -0.25) is 9.59 Å². The molecule has 0 spiro atoms. The zero-order valence-corrected chi connectivity index (χ0v) is 12.6. The first-order chi connectivity index (χ1) is 10.6. The smallest absolute Gasteiger partial charge is 0.255 e. The lowest BCUT2D eigenvalue weighted by Crippen LogP contribution is -2.49. The molecule has 0 atom stereocenters. The van der Waals surface area contributed by atoms with Crippen LogP contribution in [0.25, 0.3) is 0 Å². The number of benzene rings is 1. The van der Waals surface area contributed by atoms with E-state index >= 15 is 0 Å². The number of para-hydroxylation sites is 1. The molecule has 5 heteroatoms. The molecule has 0 aliphatic carbocycles. The summed E-state index contributed by atoms with van der Waals surface area (Å²) < 4.78 is 0. The Labute approximate surface area is 129 Å². The van der Waals surface area contributed by atoms with Gasteiger partial charge in [-0.1, -0.05) is 18.2 Å². The molecule has 5 nitrogen and oxygen atoms in total. The summed E-state index contributed by atoms with van der Waals surface area (Å²) in [6.45, 7) is 5.12. The number of carbonyl (C=O) groups excluding carboxylic acids is 1. The minimum Gasteiger partial charge on any atom is -0.368 e. The number of aryl methyl sites for hydroxylation is 1. The molecule has 0 radical (unpaired) electrons. The van der Waals surface area contributed by atoms with E-state index in [1.54, 1.807) is 6.07 Å². The molecule has 1 aromatic carbocycles. The number of carbonyl (C=O) groups is 1. The predicted molar refractivity (Wildman–Crippen MR) is 86.4 cm³/mol. The maximum Gasteiger partial charge on any atom is 0.255 e. The van der Waals surface area contributed by atoms with E-state index < -0.39 is 0 Å². The van der Waals surface area contributed by atoms with Crippen LogP contribution in [0.3, 0.4) is 0 Å². The molecule has 22 heavy (non-hydrogen) atoms. The van der Waals surface area contributed by atoms with Gasteiger partial charge in [0.2, 0.25) is 5.56 Å². The van der Waals surface area contributed by atoms with E-state index in [1.807, 2.05) is 17.0 Å². The molecule has 0 unspecified atom stereocenters. The number of nitrogens with zero attached hydrogens (tertiary/aromatic N) is 2. The van der Waals surface area contributed by atoms with Gasteiger partial charge in [-0.25, -0.2) is 0 Å². The third-order valence-corrected chi connectivity index (χ3v) is 4.05. The van der Waals surface area contributed by atoms with E-state index in [0.717, 1.165) is 13.1 Å². The summed E-state index contributed by atoms with van der Waals surface area (Å²) in [5.41, 5.74) is 2.83. The van der Waals surface area contributed by atoms with Crippen LogP contribution in [0.5, 0.6) is 0 Å². The Morgan fingerprint density at radius 1 is 1.05 bits per heavy atom. The number of rotatable bonds is 2. The average Bonchev–Trinajstić information content (AvgIpc) is 2.56. The van der Waals surface area contributed by atoms with Crippen molar-refractivity contribution in [2.24, 2.45) is 0 Å². The summed E-state index contributed by atoms with van der Waals surface area (Å²) in [5.74, 6) is -0.0271. The van der Waals surface area contributed by atoms with Gasteiger partial charge in [0.15, 0.2) is 0 Å². The Bertz CT molecular complexity index is 710. The fourth-order valence-electron chi connectivity index (χ4n) is 2.79. The first-order valence-corrected chi connectivity index (χ1v) is 7.44. The van der Waals surface area contributed by atoms with Crippen LogP contribution in [0.2, 0.25) is 0 Å². The molecule has 2 aromatic rings. The average molecular weight is 297 g/mol. The van der Waals surface area contributed by atoms with Crippen molar-refractivity contribution in [1.82, 2.24) is 9.88 Å². The number of pyridine rings is 1. The molecule has 1 aromatic heterocycles. The van der Waals surface area contributed by atoms with Crippen LogP contribution >= 0.6 is 0 Å². The summed E-state index contributed by atoms with van der Waals surface area (Å²) in [6.07, 6.45) is 1.48. The SMILES string of the molecule is Cc1ccccc1N1CCN(C(=O)c2ccc(=O)[nH]c2)CC1. The topological polar surface area (TPSA) is 56.4 Å². The Morgan fingerprint density at radius 3 is 2.41 bits per heavy atom. The standard InChI is InChI=1S/C17H19N3O2/c1-13-4-2-3-5-15(13)19-8-10-20(11-9-19)17(22)14-6-7-16(21)18-12-14/h2-7,12H,8-11H2,1H3,(H,18,21). The minimum absolute atomic E-state index is 0.0271. The van der Waals surface area contributed by atoms with E-state index in [4.69, 9.17) is 0 Å². The Morgan fingerprint density at radius 2 is 1.77 bits per heavy atom. The maximum atomic E-state index is 12.4. The van der Waals surface area contributed by atoms with Gasteiger partial charge < -0.3 is 14.8 Å². The summed E-state index contributed by atoms with van der Waals surface area (Å²) in [5, 5.41) is 0. The molecule has 114 valence electrons. The van der Waals surface area contributed by atoms with Crippen molar-refractivity contribution < 1.29 is 4.79 Å². The maximum absolute atomic E-state index is 12.4. The highest BCUT2D eigenvalue weighted by molar-refractivity contribution is 5.94. The first-order valence-electron chi connectivity index (χ1n) is 7.44. The highest BCUT2D eigenvalue weighted by atomic mass is 16.2. The molecule has 1 amide bonds.